The van der Waals surface area contributed by atoms with Gasteiger partial charge in [-0.05, 0) is 49.3 Å². The Morgan fingerprint density at radius 2 is 2.00 bits per heavy atom. The highest BCUT2D eigenvalue weighted by atomic mass is 35.5. The first-order chi connectivity index (χ1) is 11.0. The van der Waals surface area contributed by atoms with Gasteiger partial charge in [0, 0.05) is 12.5 Å². The van der Waals surface area contributed by atoms with Crippen molar-refractivity contribution in [1.29, 1.82) is 0 Å². The number of hydrogen-bond acceptors (Lipinski definition) is 3. The molecule has 1 fully saturated rings. The maximum absolute atomic E-state index is 12.1. The van der Waals surface area contributed by atoms with Crippen LogP contribution < -0.4 is 15.8 Å². The molecule has 0 saturated heterocycles. The lowest BCUT2D eigenvalue weighted by atomic mass is 9.81. The van der Waals surface area contributed by atoms with Gasteiger partial charge in [-0.1, -0.05) is 17.7 Å². The third kappa shape index (κ3) is 5.13. The zero-order chi connectivity index (χ0) is 16.8. The van der Waals surface area contributed by atoms with Crippen LogP contribution in [0.2, 0.25) is 5.02 Å². The first kappa shape index (κ1) is 17.6. The molecular formula is C17H23ClN2O3. The highest BCUT2D eigenvalue weighted by Gasteiger charge is 2.24. The molecule has 0 atom stereocenters. The Morgan fingerprint density at radius 1 is 1.30 bits per heavy atom. The van der Waals surface area contributed by atoms with Crippen molar-refractivity contribution >= 4 is 23.4 Å². The second kappa shape index (κ2) is 8.20. The highest BCUT2D eigenvalue weighted by molar-refractivity contribution is 6.32. The minimum atomic E-state index is -0.204. The summed E-state index contributed by atoms with van der Waals surface area (Å²) in [5.74, 6) is 0.773. The van der Waals surface area contributed by atoms with Gasteiger partial charge in [0.25, 0.3) is 0 Å². The number of carbonyl (C=O) groups excluding carboxylic acids is 2. The third-order valence-corrected chi connectivity index (χ3v) is 4.73. The van der Waals surface area contributed by atoms with E-state index in [9.17, 15) is 9.59 Å². The van der Waals surface area contributed by atoms with E-state index in [4.69, 9.17) is 22.1 Å². The van der Waals surface area contributed by atoms with Crippen molar-refractivity contribution in [1.82, 2.24) is 5.32 Å². The van der Waals surface area contributed by atoms with Crippen LogP contribution in [0.1, 0.15) is 31.2 Å². The van der Waals surface area contributed by atoms with E-state index < -0.39 is 0 Å². The highest BCUT2D eigenvalue weighted by Crippen LogP contribution is 2.28. The quantitative estimate of drug-likeness (QED) is 0.835. The van der Waals surface area contributed by atoms with Crippen LogP contribution in [0, 0.1) is 11.8 Å². The summed E-state index contributed by atoms with van der Waals surface area (Å²) in [5, 5.41) is 3.50. The fourth-order valence-corrected chi connectivity index (χ4v) is 3.17. The number of amides is 2. The van der Waals surface area contributed by atoms with Crippen LogP contribution in [-0.2, 0) is 16.0 Å². The summed E-state index contributed by atoms with van der Waals surface area (Å²) in [6.45, 7) is 0.648. The lowest BCUT2D eigenvalue weighted by Gasteiger charge is -2.26. The van der Waals surface area contributed by atoms with E-state index in [0.717, 1.165) is 31.2 Å². The lowest BCUT2D eigenvalue weighted by molar-refractivity contribution is -0.123. The van der Waals surface area contributed by atoms with Crippen LogP contribution >= 0.6 is 11.6 Å². The zero-order valence-corrected chi connectivity index (χ0v) is 14.1. The monoisotopic (exact) mass is 338 g/mol. The second-order valence-electron chi connectivity index (χ2n) is 6.07. The zero-order valence-electron chi connectivity index (χ0n) is 13.3. The maximum Gasteiger partial charge on any atom is 0.224 e. The van der Waals surface area contributed by atoms with Crippen molar-refractivity contribution in [2.75, 3.05) is 13.7 Å². The average molecular weight is 339 g/mol. The molecule has 0 radical (unpaired) electrons. The Kier molecular flexibility index (Phi) is 6.28. The van der Waals surface area contributed by atoms with Gasteiger partial charge >= 0.3 is 0 Å². The van der Waals surface area contributed by atoms with Crippen LogP contribution in [0.5, 0.6) is 5.75 Å². The Morgan fingerprint density at radius 3 is 2.61 bits per heavy atom. The fourth-order valence-electron chi connectivity index (χ4n) is 2.97. The Bertz CT molecular complexity index is 569. The number of methoxy groups -OCH3 is 1. The minimum absolute atomic E-state index is 0.00323. The Labute approximate surface area is 141 Å². The molecule has 0 aromatic heterocycles. The van der Waals surface area contributed by atoms with Crippen molar-refractivity contribution < 1.29 is 14.3 Å². The summed E-state index contributed by atoms with van der Waals surface area (Å²) in [4.78, 5) is 23.2. The van der Waals surface area contributed by atoms with E-state index in [-0.39, 0.29) is 17.7 Å². The molecule has 0 bridgehead atoms. The summed E-state index contributed by atoms with van der Waals surface area (Å²) in [7, 11) is 1.55. The molecule has 3 N–H and O–H groups in total. The van der Waals surface area contributed by atoms with Crippen molar-refractivity contribution in [3.63, 3.8) is 0 Å². The number of primary amides is 1. The molecule has 23 heavy (non-hydrogen) atoms. The van der Waals surface area contributed by atoms with E-state index in [1.165, 1.54) is 0 Å². The van der Waals surface area contributed by atoms with Gasteiger partial charge in [0.1, 0.15) is 5.75 Å². The summed E-state index contributed by atoms with van der Waals surface area (Å²) < 4.78 is 5.15. The number of carbonyl (C=O) groups is 2. The molecule has 1 aliphatic rings. The number of rotatable bonds is 6. The van der Waals surface area contributed by atoms with E-state index in [0.29, 0.717) is 29.7 Å². The minimum Gasteiger partial charge on any atom is -0.495 e. The van der Waals surface area contributed by atoms with Gasteiger partial charge in [-0.15, -0.1) is 0 Å². The topological polar surface area (TPSA) is 81.4 Å². The molecule has 0 unspecified atom stereocenters. The predicted molar refractivity (Wildman–Crippen MR) is 89.4 cm³/mol. The number of nitrogens with one attached hydrogen (secondary N) is 1. The molecular weight excluding hydrogens is 316 g/mol. The van der Waals surface area contributed by atoms with E-state index in [1.54, 1.807) is 19.2 Å². The molecule has 2 rings (SSSR count). The number of hydrogen-bond donors (Lipinski definition) is 2. The molecule has 126 valence electrons. The van der Waals surface area contributed by atoms with E-state index in [2.05, 4.69) is 5.32 Å². The van der Waals surface area contributed by atoms with Crippen molar-refractivity contribution in [2.24, 2.45) is 17.6 Å². The fraction of sp³-hybridized carbons (Fsp3) is 0.529. The number of halogens is 1. The summed E-state index contributed by atoms with van der Waals surface area (Å²) >= 11 is 5.97. The molecule has 0 heterocycles. The van der Waals surface area contributed by atoms with Gasteiger partial charge < -0.3 is 15.8 Å². The van der Waals surface area contributed by atoms with E-state index >= 15 is 0 Å². The normalized spacial score (nSPS) is 20.8. The van der Waals surface area contributed by atoms with E-state index in [1.807, 2.05) is 6.07 Å². The molecule has 6 heteroatoms. The largest absolute Gasteiger partial charge is 0.495 e. The molecule has 2 amide bonds. The number of benzene rings is 1. The van der Waals surface area contributed by atoms with Crippen molar-refractivity contribution in [3.05, 3.63) is 28.8 Å². The average Bonchev–Trinajstić information content (AvgIpc) is 2.55. The van der Waals surface area contributed by atoms with Crippen LogP contribution in [-0.4, -0.2) is 25.5 Å². The summed E-state index contributed by atoms with van der Waals surface area (Å²) in [6, 6.07) is 5.33. The summed E-state index contributed by atoms with van der Waals surface area (Å²) in [6.07, 6.45) is 3.81. The Hall–Kier alpha value is -1.75. The van der Waals surface area contributed by atoms with Crippen LogP contribution in [0.25, 0.3) is 0 Å². The Balaban J connectivity index is 1.76. The van der Waals surface area contributed by atoms with Gasteiger partial charge in [-0.3, -0.25) is 9.59 Å². The lowest BCUT2D eigenvalue weighted by Crippen LogP contribution is -2.34. The first-order valence-corrected chi connectivity index (χ1v) is 8.25. The van der Waals surface area contributed by atoms with Crippen molar-refractivity contribution in [2.45, 2.75) is 32.1 Å². The molecule has 1 aromatic rings. The van der Waals surface area contributed by atoms with Gasteiger partial charge in [0.15, 0.2) is 0 Å². The third-order valence-electron chi connectivity index (χ3n) is 4.42. The summed E-state index contributed by atoms with van der Waals surface area (Å²) in [5.41, 5.74) is 6.19. The van der Waals surface area contributed by atoms with Crippen molar-refractivity contribution in [3.8, 4) is 5.75 Å². The SMILES string of the molecule is COc1cc(CC(=O)NCC2CCC(C(N)=O)CC2)ccc1Cl. The van der Waals surface area contributed by atoms with Crippen LogP contribution in [0.15, 0.2) is 18.2 Å². The maximum atomic E-state index is 12.1. The number of nitrogens with two attached hydrogens (primary N) is 1. The second-order valence-corrected chi connectivity index (χ2v) is 6.48. The first-order valence-electron chi connectivity index (χ1n) is 7.88. The van der Waals surface area contributed by atoms with Gasteiger partial charge in [0.05, 0.1) is 18.6 Å². The van der Waals surface area contributed by atoms with Crippen LogP contribution in [0.3, 0.4) is 0 Å². The molecule has 1 aliphatic carbocycles. The van der Waals surface area contributed by atoms with Gasteiger partial charge in [0.2, 0.25) is 11.8 Å². The standard InChI is InChI=1S/C17H23ClN2O3/c1-23-15-8-12(4-7-14(15)18)9-16(21)20-10-11-2-5-13(6-3-11)17(19)22/h4,7-8,11,13H,2-3,5-6,9-10H2,1H3,(H2,19,22)(H,20,21). The van der Waals surface area contributed by atoms with Crippen LogP contribution in [0.4, 0.5) is 0 Å². The predicted octanol–water partition coefficient (Wildman–Crippen LogP) is 2.30. The molecule has 5 nitrogen and oxygen atoms in total. The van der Waals surface area contributed by atoms with Gasteiger partial charge in [-0.25, -0.2) is 0 Å². The molecule has 1 saturated carbocycles. The molecule has 0 aliphatic heterocycles. The van der Waals surface area contributed by atoms with Gasteiger partial charge in [-0.2, -0.15) is 0 Å². The smallest absolute Gasteiger partial charge is 0.224 e. The number of ether oxygens (including phenoxy) is 1. The molecule has 0 spiro atoms. The molecule has 1 aromatic carbocycles.